The number of likely N-dealkylation sites (tertiary alicyclic amines) is 1. The average molecular weight is 384 g/mol. The van der Waals surface area contributed by atoms with Gasteiger partial charge in [0.25, 0.3) is 0 Å². The van der Waals surface area contributed by atoms with E-state index in [2.05, 4.69) is 30.3 Å². The van der Waals surface area contributed by atoms with Crippen molar-refractivity contribution in [3.63, 3.8) is 0 Å². The highest BCUT2D eigenvalue weighted by Crippen LogP contribution is 2.15. The van der Waals surface area contributed by atoms with Crippen molar-refractivity contribution in [2.24, 2.45) is 0 Å². The topological polar surface area (TPSA) is 83.3 Å². The van der Waals surface area contributed by atoms with E-state index in [9.17, 15) is 4.79 Å². The predicted octanol–water partition coefficient (Wildman–Crippen LogP) is 0.793. The molecule has 0 N–H and O–H groups in total. The monoisotopic (exact) mass is 384 g/mol. The van der Waals surface area contributed by atoms with E-state index >= 15 is 0 Å². The van der Waals surface area contributed by atoms with Gasteiger partial charge in [0.1, 0.15) is 6.54 Å². The minimum absolute atomic E-state index is 0.0822. The molecule has 2 aromatic heterocycles. The molecule has 1 amide bonds. The molecule has 0 bridgehead atoms. The maximum absolute atomic E-state index is 12.8. The fourth-order valence-corrected chi connectivity index (χ4v) is 3.95. The number of carbonyl (C=O) groups is 1. The number of carbonyl (C=O) groups excluding carboxylic acids is 1. The first-order valence-corrected chi connectivity index (χ1v) is 10.2. The summed E-state index contributed by atoms with van der Waals surface area (Å²) in [6.07, 6.45) is 8.65. The zero-order valence-corrected chi connectivity index (χ0v) is 16.3. The average Bonchev–Trinajstić information content (AvgIpc) is 3.00. The minimum Gasteiger partial charge on any atom is -0.368 e. The Labute approximate surface area is 165 Å². The van der Waals surface area contributed by atoms with Crippen molar-refractivity contribution >= 4 is 11.6 Å². The second kappa shape index (κ2) is 9.09. The van der Waals surface area contributed by atoms with Crippen LogP contribution in [0.25, 0.3) is 0 Å². The van der Waals surface area contributed by atoms with Crippen LogP contribution in [0.2, 0.25) is 0 Å². The van der Waals surface area contributed by atoms with Crippen LogP contribution < -0.4 is 4.90 Å². The van der Waals surface area contributed by atoms with E-state index in [1.54, 1.807) is 17.1 Å². The lowest BCUT2D eigenvalue weighted by atomic mass is 10.2. The molecule has 4 heterocycles. The zero-order valence-electron chi connectivity index (χ0n) is 16.3. The van der Waals surface area contributed by atoms with Gasteiger partial charge in [-0.1, -0.05) is 12.8 Å². The molecule has 9 heteroatoms. The van der Waals surface area contributed by atoms with E-state index < -0.39 is 0 Å². The molecular formula is C19H28N8O. The van der Waals surface area contributed by atoms with Crippen LogP contribution in [-0.2, 0) is 17.9 Å². The van der Waals surface area contributed by atoms with Gasteiger partial charge in [-0.25, -0.2) is 4.68 Å². The fraction of sp³-hybridized carbons (Fsp3) is 0.632. The molecule has 4 rings (SSSR count). The van der Waals surface area contributed by atoms with Crippen molar-refractivity contribution in [3.8, 4) is 0 Å². The molecule has 2 saturated heterocycles. The third kappa shape index (κ3) is 4.64. The van der Waals surface area contributed by atoms with Gasteiger partial charge in [0.05, 0.1) is 6.54 Å². The van der Waals surface area contributed by atoms with Crippen molar-refractivity contribution < 1.29 is 4.79 Å². The Hall–Kier alpha value is -2.55. The summed E-state index contributed by atoms with van der Waals surface area (Å²) in [7, 11) is 0. The highest BCUT2D eigenvalue weighted by atomic mass is 16.2. The van der Waals surface area contributed by atoms with Crippen LogP contribution in [0.3, 0.4) is 0 Å². The first kappa shape index (κ1) is 18.8. The normalized spacial score (nSPS) is 18.9. The van der Waals surface area contributed by atoms with Gasteiger partial charge in [0, 0.05) is 44.3 Å². The predicted molar refractivity (Wildman–Crippen MR) is 105 cm³/mol. The molecule has 0 radical (unpaired) electrons. The van der Waals surface area contributed by atoms with Crippen molar-refractivity contribution in [1.82, 2.24) is 35.0 Å². The molecule has 0 aliphatic carbocycles. The van der Waals surface area contributed by atoms with Gasteiger partial charge in [-0.3, -0.25) is 14.7 Å². The molecule has 150 valence electrons. The Morgan fingerprint density at radius 3 is 2.36 bits per heavy atom. The van der Waals surface area contributed by atoms with Crippen molar-refractivity contribution in [3.05, 3.63) is 30.4 Å². The second-order valence-corrected chi connectivity index (χ2v) is 7.52. The Kier molecular flexibility index (Phi) is 6.11. The molecule has 0 atom stereocenters. The van der Waals surface area contributed by atoms with Crippen LogP contribution in [0.15, 0.2) is 24.5 Å². The Balaban J connectivity index is 1.30. The number of pyridine rings is 1. The summed E-state index contributed by atoms with van der Waals surface area (Å²) in [5.74, 6) is 0.865. The molecule has 0 saturated carbocycles. The highest BCUT2D eigenvalue weighted by Gasteiger charge is 2.23. The molecule has 28 heavy (non-hydrogen) atoms. The SMILES string of the molecule is O=C(Cn1nnnc1CN1CCCCCC1)N1CCN(c2ccncc2)CC1. The first-order chi connectivity index (χ1) is 13.8. The summed E-state index contributed by atoms with van der Waals surface area (Å²) < 4.78 is 1.67. The van der Waals surface area contributed by atoms with Crippen molar-refractivity contribution in [2.45, 2.75) is 38.8 Å². The Morgan fingerprint density at radius 2 is 1.64 bits per heavy atom. The third-order valence-electron chi connectivity index (χ3n) is 5.62. The van der Waals surface area contributed by atoms with Crippen LogP contribution in [0.1, 0.15) is 31.5 Å². The Bertz CT molecular complexity index is 748. The smallest absolute Gasteiger partial charge is 0.244 e. The number of nitrogens with zero attached hydrogens (tertiary/aromatic N) is 8. The van der Waals surface area contributed by atoms with Gasteiger partial charge in [-0.15, -0.1) is 5.10 Å². The lowest BCUT2D eigenvalue weighted by Gasteiger charge is -2.36. The number of hydrogen-bond acceptors (Lipinski definition) is 7. The molecule has 2 aliphatic rings. The number of aromatic nitrogens is 5. The van der Waals surface area contributed by atoms with Crippen molar-refractivity contribution in [1.29, 1.82) is 0 Å². The summed E-state index contributed by atoms with van der Waals surface area (Å²) in [4.78, 5) is 23.4. The third-order valence-corrected chi connectivity index (χ3v) is 5.62. The molecule has 2 fully saturated rings. The number of rotatable bonds is 5. The quantitative estimate of drug-likeness (QED) is 0.754. The zero-order chi connectivity index (χ0) is 19.2. The number of tetrazole rings is 1. The number of piperazine rings is 1. The van der Waals surface area contributed by atoms with E-state index in [0.717, 1.165) is 44.2 Å². The maximum Gasteiger partial charge on any atom is 0.244 e. The molecule has 9 nitrogen and oxygen atoms in total. The van der Waals surface area contributed by atoms with Gasteiger partial charge in [0.15, 0.2) is 5.82 Å². The van der Waals surface area contributed by atoms with Crippen molar-refractivity contribution in [2.75, 3.05) is 44.2 Å². The first-order valence-electron chi connectivity index (χ1n) is 10.2. The summed E-state index contributed by atoms with van der Waals surface area (Å²) in [6, 6.07) is 4.02. The number of hydrogen-bond donors (Lipinski definition) is 0. The van der Waals surface area contributed by atoms with Crippen LogP contribution >= 0.6 is 0 Å². The van der Waals surface area contributed by atoms with Gasteiger partial charge in [-0.05, 0) is 48.5 Å². The number of anilines is 1. The minimum atomic E-state index is 0.0822. The Morgan fingerprint density at radius 1 is 0.929 bits per heavy atom. The largest absolute Gasteiger partial charge is 0.368 e. The van der Waals surface area contributed by atoms with E-state index in [4.69, 9.17) is 0 Å². The summed E-state index contributed by atoms with van der Waals surface area (Å²) in [5, 5.41) is 12.0. The van der Waals surface area contributed by atoms with Crippen LogP contribution in [0.5, 0.6) is 0 Å². The van der Waals surface area contributed by atoms with Gasteiger partial charge in [0.2, 0.25) is 5.91 Å². The summed E-state index contributed by atoms with van der Waals surface area (Å²) in [5.41, 5.74) is 1.15. The maximum atomic E-state index is 12.8. The molecule has 2 aliphatic heterocycles. The molecule has 0 spiro atoms. The highest BCUT2D eigenvalue weighted by molar-refractivity contribution is 5.76. The second-order valence-electron chi connectivity index (χ2n) is 7.52. The van der Waals surface area contributed by atoms with Crippen LogP contribution in [0.4, 0.5) is 5.69 Å². The van der Waals surface area contributed by atoms with Crippen LogP contribution in [0, 0.1) is 0 Å². The van der Waals surface area contributed by atoms with E-state index in [0.29, 0.717) is 13.1 Å². The molecule has 2 aromatic rings. The standard InChI is InChI=1S/C19H28N8O/c28-19(26-13-11-25(12-14-26)17-5-7-20-8-6-17)16-27-18(21-22-23-27)15-24-9-3-1-2-4-10-24/h5-8H,1-4,9-16H2. The summed E-state index contributed by atoms with van der Waals surface area (Å²) in [6.45, 7) is 6.17. The summed E-state index contributed by atoms with van der Waals surface area (Å²) >= 11 is 0. The van der Waals surface area contributed by atoms with E-state index in [1.165, 1.54) is 25.7 Å². The lowest BCUT2D eigenvalue weighted by molar-refractivity contribution is -0.132. The lowest BCUT2D eigenvalue weighted by Crippen LogP contribution is -2.49. The van der Waals surface area contributed by atoms with Gasteiger partial charge in [-0.2, -0.15) is 0 Å². The van der Waals surface area contributed by atoms with Gasteiger partial charge < -0.3 is 9.80 Å². The molecule has 0 aromatic carbocycles. The van der Waals surface area contributed by atoms with Gasteiger partial charge >= 0.3 is 0 Å². The molecular weight excluding hydrogens is 356 g/mol. The molecule has 0 unspecified atom stereocenters. The number of amides is 1. The fourth-order valence-electron chi connectivity index (χ4n) is 3.95. The van der Waals surface area contributed by atoms with E-state index in [-0.39, 0.29) is 12.5 Å². The van der Waals surface area contributed by atoms with Crippen LogP contribution in [-0.4, -0.2) is 80.2 Å². The van der Waals surface area contributed by atoms with E-state index in [1.807, 2.05) is 17.0 Å².